The molecule has 11 heteroatoms. The first-order valence-corrected chi connectivity index (χ1v) is 8.05. The molecule has 150 valence electrons. The van der Waals surface area contributed by atoms with Crippen LogP contribution in [-0.4, -0.2) is 39.6 Å². The van der Waals surface area contributed by atoms with E-state index in [1.807, 2.05) is 0 Å². The van der Waals surface area contributed by atoms with Crippen molar-refractivity contribution in [3.63, 3.8) is 0 Å². The van der Waals surface area contributed by atoms with Gasteiger partial charge in [0, 0.05) is 7.05 Å². The van der Waals surface area contributed by atoms with Crippen molar-refractivity contribution in [2.24, 2.45) is 12.8 Å². The number of amides is 2. The number of nitrogens with two attached hydrogens (primary N) is 1. The van der Waals surface area contributed by atoms with Crippen molar-refractivity contribution >= 4 is 17.8 Å². The number of nitrogens with zero attached hydrogens (tertiary/aromatic N) is 2. The van der Waals surface area contributed by atoms with Gasteiger partial charge in [-0.15, -0.1) is 0 Å². The Morgan fingerprint density at radius 1 is 1.39 bits per heavy atom. The second kappa shape index (κ2) is 7.55. The van der Waals surface area contributed by atoms with E-state index >= 15 is 0 Å². The summed E-state index contributed by atoms with van der Waals surface area (Å²) in [6.45, 7) is 3.08. The fraction of sp³-hybridized carbons (Fsp3) is 0.353. The second-order valence-corrected chi connectivity index (χ2v) is 6.47. The third kappa shape index (κ3) is 3.87. The molecule has 0 atom stereocenters. The molecule has 2 aromatic heterocycles. The van der Waals surface area contributed by atoms with E-state index in [2.05, 4.69) is 15.0 Å². The van der Waals surface area contributed by atoms with Crippen LogP contribution in [0.25, 0.3) is 0 Å². The summed E-state index contributed by atoms with van der Waals surface area (Å²) in [5.41, 5.74) is 2.51. The zero-order valence-electron chi connectivity index (χ0n) is 15.7. The summed E-state index contributed by atoms with van der Waals surface area (Å²) in [6.07, 6.45) is 0.975. The van der Waals surface area contributed by atoms with Gasteiger partial charge >= 0.3 is 5.97 Å². The highest BCUT2D eigenvalue weighted by atomic mass is 16.5. The monoisotopic (exact) mass is 392 g/mol. The van der Waals surface area contributed by atoms with E-state index in [0.29, 0.717) is 0 Å². The first-order chi connectivity index (χ1) is 13.0. The van der Waals surface area contributed by atoms with Gasteiger partial charge in [-0.2, -0.15) is 0 Å². The summed E-state index contributed by atoms with van der Waals surface area (Å²) in [7, 11) is 2.41. The lowest BCUT2D eigenvalue weighted by Gasteiger charge is -2.27. The lowest BCUT2D eigenvalue weighted by atomic mass is 10.0. The number of nitrogens with one attached hydrogen (secondary N) is 1. The highest BCUT2D eigenvalue weighted by Gasteiger charge is 2.32. The van der Waals surface area contributed by atoms with Gasteiger partial charge in [-0.25, -0.2) is 9.78 Å². The standard InChI is InChI=1S/C17H20N4O7/c1-17(2,20-13(24)8-5-6-28-9(8)7-10(18)22)16-19-11(15(26)27-4)12(23)14(25)21(16)3/h5-6,23H,7H2,1-4H3,(H2,18,22)(H,20,24). The fourth-order valence-corrected chi connectivity index (χ4v) is 2.63. The summed E-state index contributed by atoms with van der Waals surface area (Å²) in [4.78, 5) is 51.8. The average Bonchev–Trinajstić information content (AvgIpc) is 3.06. The molecule has 0 aromatic carbocycles. The zero-order chi connectivity index (χ0) is 21.2. The molecular weight excluding hydrogens is 372 g/mol. The van der Waals surface area contributed by atoms with E-state index < -0.39 is 40.3 Å². The molecule has 0 aliphatic rings. The molecule has 28 heavy (non-hydrogen) atoms. The number of hydrogen-bond donors (Lipinski definition) is 3. The van der Waals surface area contributed by atoms with Crippen molar-refractivity contribution in [1.29, 1.82) is 0 Å². The number of aromatic nitrogens is 2. The molecule has 2 aromatic rings. The Bertz CT molecular complexity index is 1000. The van der Waals surface area contributed by atoms with Gasteiger partial charge in [-0.1, -0.05) is 0 Å². The topological polar surface area (TPSA) is 167 Å². The molecular formula is C17H20N4O7. The molecule has 2 heterocycles. The van der Waals surface area contributed by atoms with E-state index in [0.717, 1.165) is 11.7 Å². The number of esters is 1. The molecule has 0 radical (unpaired) electrons. The molecule has 2 rings (SSSR count). The first-order valence-electron chi connectivity index (χ1n) is 8.05. The number of ether oxygens (including phenoxy) is 1. The predicted octanol–water partition coefficient (Wildman–Crippen LogP) is -0.442. The average molecular weight is 392 g/mol. The maximum atomic E-state index is 12.7. The minimum atomic E-state index is -1.26. The van der Waals surface area contributed by atoms with Gasteiger partial charge in [0.25, 0.3) is 11.5 Å². The maximum Gasteiger partial charge on any atom is 0.360 e. The van der Waals surface area contributed by atoms with Crippen molar-refractivity contribution in [3.8, 4) is 5.75 Å². The summed E-state index contributed by atoms with van der Waals surface area (Å²) >= 11 is 0. The highest BCUT2D eigenvalue weighted by Crippen LogP contribution is 2.22. The second-order valence-electron chi connectivity index (χ2n) is 6.47. The van der Waals surface area contributed by atoms with Gasteiger partial charge in [0.05, 0.1) is 30.9 Å². The number of aromatic hydroxyl groups is 1. The van der Waals surface area contributed by atoms with Crippen LogP contribution in [0.5, 0.6) is 5.75 Å². The Balaban J connectivity index is 2.45. The van der Waals surface area contributed by atoms with Crippen molar-refractivity contribution in [2.45, 2.75) is 25.8 Å². The Hall–Kier alpha value is -3.63. The molecule has 0 saturated heterocycles. The van der Waals surface area contributed by atoms with Gasteiger partial charge in [-0.3, -0.25) is 19.0 Å². The molecule has 0 fully saturated rings. The van der Waals surface area contributed by atoms with E-state index in [-0.39, 0.29) is 23.6 Å². The van der Waals surface area contributed by atoms with E-state index in [1.165, 1.54) is 19.4 Å². The lowest BCUT2D eigenvalue weighted by molar-refractivity contribution is -0.117. The smallest absolute Gasteiger partial charge is 0.360 e. The van der Waals surface area contributed by atoms with Crippen LogP contribution in [0.4, 0.5) is 0 Å². The fourth-order valence-electron chi connectivity index (χ4n) is 2.63. The maximum absolute atomic E-state index is 12.7. The van der Waals surface area contributed by atoms with E-state index in [4.69, 9.17) is 10.2 Å². The summed E-state index contributed by atoms with van der Waals surface area (Å²) in [5, 5.41) is 12.5. The third-order valence-corrected chi connectivity index (χ3v) is 3.96. The summed E-state index contributed by atoms with van der Waals surface area (Å²) < 4.78 is 10.6. The van der Waals surface area contributed by atoms with Crippen LogP contribution in [-0.2, 0) is 28.5 Å². The van der Waals surface area contributed by atoms with Gasteiger partial charge in [0.1, 0.15) is 11.6 Å². The predicted molar refractivity (Wildman–Crippen MR) is 94.6 cm³/mol. The van der Waals surface area contributed by atoms with Crippen molar-refractivity contribution < 1.29 is 28.6 Å². The van der Waals surface area contributed by atoms with Crippen LogP contribution in [0, 0.1) is 0 Å². The van der Waals surface area contributed by atoms with Gasteiger partial charge in [-0.05, 0) is 19.9 Å². The molecule has 4 N–H and O–H groups in total. The van der Waals surface area contributed by atoms with Crippen LogP contribution < -0.4 is 16.6 Å². The van der Waals surface area contributed by atoms with Gasteiger partial charge < -0.3 is 25.3 Å². The van der Waals surface area contributed by atoms with E-state index in [9.17, 15) is 24.3 Å². The Morgan fingerprint density at radius 3 is 2.61 bits per heavy atom. The molecule has 0 bridgehead atoms. The largest absolute Gasteiger partial charge is 0.501 e. The quantitative estimate of drug-likeness (QED) is 0.556. The zero-order valence-corrected chi connectivity index (χ0v) is 15.7. The van der Waals surface area contributed by atoms with Crippen LogP contribution in [0.1, 0.15) is 46.3 Å². The van der Waals surface area contributed by atoms with Crippen LogP contribution in [0.2, 0.25) is 0 Å². The lowest BCUT2D eigenvalue weighted by Crippen LogP contribution is -2.45. The Morgan fingerprint density at radius 2 is 2.04 bits per heavy atom. The number of rotatable bonds is 6. The molecule has 0 unspecified atom stereocenters. The normalized spacial score (nSPS) is 11.1. The number of primary amides is 1. The Kier molecular flexibility index (Phi) is 5.57. The number of hydrogen-bond acceptors (Lipinski definition) is 8. The number of carbonyl (C=O) groups excluding carboxylic acids is 3. The highest BCUT2D eigenvalue weighted by molar-refractivity contribution is 5.96. The van der Waals surface area contributed by atoms with Crippen LogP contribution >= 0.6 is 0 Å². The Labute approximate surface area is 159 Å². The first kappa shape index (κ1) is 20.7. The summed E-state index contributed by atoms with van der Waals surface area (Å²) in [5.74, 6) is -3.07. The minimum absolute atomic E-state index is 0.0102. The van der Waals surface area contributed by atoms with Crippen molar-refractivity contribution in [1.82, 2.24) is 14.9 Å². The van der Waals surface area contributed by atoms with E-state index in [1.54, 1.807) is 13.8 Å². The minimum Gasteiger partial charge on any atom is -0.501 e. The molecule has 11 nitrogen and oxygen atoms in total. The van der Waals surface area contributed by atoms with Crippen molar-refractivity contribution in [2.75, 3.05) is 7.11 Å². The number of carbonyl (C=O) groups is 3. The van der Waals surface area contributed by atoms with Gasteiger partial charge in [0.15, 0.2) is 5.69 Å². The van der Waals surface area contributed by atoms with Crippen LogP contribution in [0.15, 0.2) is 21.5 Å². The number of furan rings is 1. The molecule has 0 saturated carbocycles. The molecule has 2 amide bonds. The number of methoxy groups -OCH3 is 1. The molecule has 0 aliphatic carbocycles. The van der Waals surface area contributed by atoms with Crippen LogP contribution in [0.3, 0.4) is 0 Å². The molecule has 0 aliphatic heterocycles. The third-order valence-electron chi connectivity index (χ3n) is 3.96. The van der Waals surface area contributed by atoms with Gasteiger partial charge in [0.2, 0.25) is 11.7 Å². The SMILES string of the molecule is COC(=O)c1nc(C(C)(C)NC(=O)c2ccoc2CC(N)=O)n(C)c(=O)c1O. The summed E-state index contributed by atoms with van der Waals surface area (Å²) in [6, 6.07) is 1.37. The molecule has 0 spiro atoms. The van der Waals surface area contributed by atoms with Crippen molar-refractivity contribution in [3.05, 3.63) is 45.5 Å².